The number of anilines is 1. The fourth-order valence-electron chi connectivity index (χ4n) is 1.62. The van der Waals surface area contributed by atoms with Crippen molar-refractivity contribution in [3.05, 3.63) is 69.7 Å². The van der Waals surface area contributed by atoms with Gasteiger partial charge in [-0.2, -0.15) is 5.10 Å². The van der Waals surface area contributed by atoms with E-state index in [0.29, 0.717) is 10.0 Å². The summed E-state index contributed by atoms with van der Waals surface area (Å²) >= 11 is 11.8. The Morgan fingerprint density at radius 1 is 1.05 bits per heavy atom. The second-order valence-electron chi connectivity index (χ2n) is 4.30. The van der Waals surface area contributed by atoms with Crippen molar-refractivity contribution in [2.24, 2.45) is 5.10 Å². The molecular weight excluding hydrogens is 291 g/mol. The minimum absolute atomic E-state index is 0.503. The SMILES string of the molecule is C/C(C=NNc1ccc(Cl)c(Cl)c1)=C\c1ccccc1. The normalized spacial score (nSPS) is 11.8. The van der Waals surface area contributed by atoms with Gasteiger partial charge in [0.25, 0.3) is 0 Å². The van der Waals surface area contributed by atoms with Crippen molar-refractivity contribution in [2.75, 3.05) is 5.43 Å². The van der Waals surface area contributed by atoms with E-state index in [1.807, 2.05) is 43.3 Å². The summed E-state index contributed by atoms with van der Waals surface area (Å²) in [6.07, 6.45) is 3.82. The maximum atomic E-state index is 5.93. The monoisotopic (exact) mass is 304 g/mol. The third-order valence-corrected chi connectivity index (χ3v) is 3.31. The molecule has 0 amide bonds. The highest BCUT2D eigenvalue weighted by atomic mass is 35.5. The first-order chi connectivity index (χ1) is 9.65. The zero-order valence-corrected chi connectivity index (χ0v) is 12.5. The number of hydrazone groups is 1. The lowest BCUT2D eigenvalue weighted by atomic mass is 10.1. The van der Waals surface area contributed by atoms with Crippen LogP contribution in [0.4, 0.5) is 5.69 Å². The summed E-state index contributed by atoms with van der Waals surface area (Å²) in [6, 6.07) is 15.4. The van der Waals surface area contributed by atoms with Crippen LogP contribution in [-0.2, 0) is 0 Å². The van der Waals surface area contributed by atoms with Gasteiger partial charge in [0.15, 0.2) is 0 Å². The maximum Gasteiger partial charge on any atom is 0.0613 e. The molecule has 0 fully saturated rings. The fraction of sp³-hybridized carbons (Fsp3) is 0.0625. The van der Waals surface area contributed by atoms with Crippen LogP contribution in [0.2, 0.25) is 10.0 Å². The van der Waals surface area contributed by atoms with Gasteiger partial charge in [-0.15, -0.1) is 0 Å². The van der Waals surface area contributed by atoms with Crippen LogP contribution in [0, 0.1) is 0 Å². The van der Waals surface area contributed by atoms with Crippen LogP contribution >= 0.6 is 23.2 Å². The second-order valence-corrected chi connectivity index (χ2v) is 5.11. The Morgan fingerprint density at radius 3 is 2.50 bits per heavy atom. The van der Waals surface area contributed by atoms with Crippen LogP contribution in [0.25, 0.3) is 6.08 Å². The minimum atomic E-state index is 0.503. The van der Waals surface area contributed by atoms with E-state index in [-0.39, 0.29) is 0 Å². The molecular formula is C16H14Cl2N2. The van der Waals surface area contributed by atoms with Crippen molar-refractivity contribution in [1.29, 1.82) is 0 Å². The predicted molar refractivity (Wildman–Crippen MR) is 88.7 cm³/mol. The summed E-state index contributed by atoms with van der Waals surface area (Å²) in [7, 11) is 0. The Kier molecular flexibility index (Phi) is 5.22. The average Bonchev–Trinajstić information content (AvgIpc) is 2.44. The third kappa shape index (κ3) is 4.41. The van der Waals surface area contributed by atoms with Crippen LogP contribution in [0.5, 0.6) is 0 Å². The topological polar surface area (TPSA) is 24.4 Å². The zero-order chi connectivity index (χ0) is 14.4. The van der Waals surface area contributed by atoms with E-state index in [0.717, 1.165) is 16.8 Å². The summed E-state index contributed by atoms with van der Waals surface area (Å²) in [4.78, 5) is 0. The van der Waals surface area contributed by atoms with Gasteiger partial charge in [-0.3, -0.25) is 5.43 Å². The molecule has 0 aliphatic heterocycles. The van der Waals surface area contributed by atoms with Crippen molar-refractivity contribution in [3.63, 3.8) is 0 Å². The highest BCUT2D eigenvalue weighted by molar-refractivity contribution is 6.42. The molecule has 2 aromatic rings. The van der Waals surface area contributed by atoms with E-state index in [9.17, 15) is 0 Å². The summed E-state index contributed by atoms with van der Waals surface area (Å²) in [5, 5.41) is 5.20. The van der Waals surface area contributed by atoms with E-state index < -0.39 is 0 Å². The first kappa shape index (κ1) is 14.6. The van der Waals surface area contributed by atoms with Crippen LogP contribution < -0.4 is 5.43 Å². The summed E-state index contributed by atoms with van der Waals surface area (Å²) < 4.78 is 0. The third-order valence-electron chi connectivity index (χ3n) is 2.58. The van der Waals surface area contributed by atoms with Gasteiger partial charge in [-0.25, -0.2) is 0 Å². The lowest BCUT2D eigenvalue weighted by molar-refractivity contribution is 1.35. The first-order valence-corrected chi connectivity index (χ1v) is 6.88. The molecule has 0 unspecified atom stereocenters. The predicted octanol–water partition coefficient (Wildman–Crippen LogP) is 5.49. The number of hydrogen-bond acceptors (Lipinski definition) is 2. The van der Waals surface area contributed by atoms with Gasteiger partial charge in [-0.1, -0.05) is 59.6 Å². The number of nitrogens with one attached hydrogen (secondary N) is 1. The molecule has 1 N–H and O–H groups in total. The lowest BCUT2D eigenvalue weighted by Gasteiger charge is -2.02. The maximum absolute atomic E-state index is 5.93. The van der Waals surface area contributed by atoms with Gasteiger partial charge in [0.2, 0.25) is 0 Å². The lowest BCUT2D eigenvalue weighted by Crippen LogP contribution is -1.90. The number of benzene rings is 2. The molecule has 2 nitrogen and oxygen atoms in total. The Balaban J connectivity index is 1.99. The number of allylic oxidation sites excluding steroid dienone is 1. The molecule has 20 heavy (non-hydrogen) atoms. The van der Waals surface area contributed by atoms with Crippen LogP contribution in [0.1, 0.15) is 12.5 Å². The minimum Gasteiger partial charge on any atom is -0.278 e. The molecule has 0 radical (unpaired) electrons. The van der Waals surface area contributed by atoms with Gasteiger partial charge in [0.05, 0.1) is 21.9 Å². The Bertz CT molecular complexity index is 634. The van der Waals surface area contributed by atoms with Gasteiger partial charge in [-0.05, 0) is 36.3 Å². The van der Waals surface area contributed by atoms with E-state index >= 15 is 0 Å². The number of halogens is 2. The molecule has 0 aliphatic carbocycles. The molecule has 0 saturated heterocycles. The number of hydrogen-bond donors (Lipinski definition) is 1. The van der Waals surface area contributed by atoms with E-state index in [1.165, 1.54) is 0 Å². The summed E-state index contributed by atoms with van der Waals surface area (Å²) in [6.45, 7) is 1.99. The first-order valence-electron chi connectivity index (χ1n) is 6.12. The zero-order valence-electron chi connectivity index (χ0n) is 11.0. The Labute approximate surface area is 128 Å². The van der Waals surface area contributed by atoms with Gasteiger partial charge in [0, 0.05) is 0 Å². The molecule has 0 aromatic heterocycles. The molecule has 0 spiro atoms. The second kappa shape index (κ2) is 7.13. The van der Waals surface area contributed by atoms with Crippen molar-refractivity contribution in [1.82, 2.24) is 0 Å². The van der Waals surface area contributed by atoms with Crippen molar-refractivity contribution >= 4 is 41.2 Å². The van der Waals surface area contributed by atoms with Crippen molar-refractivity contribution in [2.45, 2.75) is 6.92 Å². The van der Waals surface area contributed by atoms with Gasteiger partial charge in [0.1, 0.15) is 0 Å². The smallest absolute Gasteiger partial charge is 0.0613 e. The molecule has 0 bridgehead atoms. The molecule has 2 rings (SSSR count). The van der Waals surface area contributed by atoms with Crippen LogP contribution in [0.15, 0.2) is 59.2 Å². The molecule has 0 saturated carbocycles. The molecule has 102 valence electrons. The summed E-state index contributed by atoms with van der Waals surface area (Å²) in [5.41, 5.74) is 5.90. The molecule has 0 heterocycles. The highest BCUT2D eigenvalue weighted by Gasteiger charge is 1.97. The average molecular weight is 305 g/mol. The molecule has 4 heteroatoms. The molecule has 0 atom stereocenters. The molecule has 0 aliphatic rings. The van der Waals surface area contributed by atoms with E-state index in [4.69, 9.17) is 23.2 Å². The number of nitrogens with zero attached hydrogens (tertiary/aromatic N) is 1. The van der Waals surface area contributed by atoms with Crippen LogP contribution in [-0.4, -0.2) is 6.21 Å². The van der Waals surface area contributed by atoms with E-state index in [1.54, 1.807) is 18.3 Å². The van der Waals surface area contributed by atoms with Gasteiger partial charge < -0.3 is 0 Å². The fourth-order valence-corrected chi connectivity index (χ4v) is 1.92. The Hall–Kier alpha value is -1.77. The number of rotatable bonds is 4. The summed E-state index contributed by atoms with van der Waals surface area (Å²) in [5.74, 6) is 0. The highest BCUT2D eigenvalue weighted by Crippen LogP contribution is 2.24. The largest absolute Gasteiger partial charge is 0.278 e. The van der Waals surface area contributed by atoms with Crippen molar-refractivity contribution in [3.8, 4) is 0 Å². The van der Waals surface area contributed by atoms with Crippen LogP contribution in [0.3, 0.4) is 0 Å². The standard InChI is InChI=1S/C16H14Cl2N2/c1-12(9-13-5-3-2-4-6-13)11-19-20-14-7-8-15(17)16(18)10-14/h2-11,20H,1H3/b12-9+,19-11?. The Morgan fingerprint density at radius 2 is 1.80 bits per heavy atom. The van der Waals surface area contributed by atoms with Gasteiger partial charge >= 0.3 is 0 Å². The van der Waals surface area contributed by atoms with E-state index in [2.05, 4.69) is 16.6 Å². The quantitative estimate of drug-likeness (QED) is 0.586. The van der Waals surface area contributed by atoms with Crippen molar-refractivity contribution < 1.29 is 0 Å². The molecule has 2 aromatic carbocycles.